The molecule has 0 bridgehead atoms. The fraction of sp³-hybridized carbons (Fsp3) is 0.450. The predicted molar refractivity (Wildman–Crippen MR) is 105 cm³/mol. The van der Waals surface area contributed by atoms with Crippen molar-refractivity contribution in [1.82, 2.24) is 4.31 Å². The molecule has 26 heavy (non-hydrogen) atoms. The molecule has 3 aliphatic rings. The van der Waals surface area contributed by atoms with E-state index < -0.39 is 10.0 Å². The zero-order valence-corrected chi connectivity index (χ0v) is 16.3. The van der Waals surface area contributed by atoms with Crippen molar-refractivity contribution in [3.63, 3.8) is 0 Å². The van der Waals surface area contributed by atoms with Crippen LogP contribution in [0.2, 0.25) is 0 Å². The zero-order chi connectivity index (χ0) is 18.2. The van der Waals surface area contributed by atoms with Gasteiger partial charge in [-0.05, 0) is 37.3 Å². The second-order valence-electron chi connectivity index (χ2n) is 7.33. The van der Waals surface area contributed by atoms with Crippen LogP contribution in [0.15, 0.2) is 52.3 Å². The lowest BCUT2D eigenvalue weighted by molar-refractivity contribution is -0.116. The Labute approximate surface area is 159 Å². The lowest BCUT2D eigenvalue weighted by atomic mass is 9.66. The number of thioether (sulfide) groups is 1. The Bertz CT molecular complexity index is 874. The van der Waals surface area contributed by atoms with Crippen molar-refractivity contribution in [2.24, 2.45) is 5.41 Å². The average molecular weight is 390 g/mol. The van der Waals surface area contributed by atoms with Crippen molar-refractivity contribution >= 4 is 27.6 Å². The highest BCUT2D eigenvalue weighted by Crippen LogP contribution is 2.46. The normalized spacial score (nSPS) is 27.0. The van der Waals surface area contributed by atoms with Gasteiger partial charge >= 0.3 is 0 Å². The van der Waals surface area contributed by atoms with Gasteiger partial charge in [0.25, 0.3) is 0 Å². The minimum absolute atomic E-state index is 0.175. The van der Waals surface area contributed by atoms with Crippen molar-refractivity contribution in [2.45, 2.75) is 32.1 Å². The lowest BCUT2D eigenvalue weighted by Gasteiger charge is -2.46. The molecule has 0 spiro atoms. The largest absolute Gasteiger partial charge is 0.295 e. The molecule has 1 aromatic rings. The molecular weight excluding hydrogens is 366 g/mol. The van der Waals surface area contributed by atoms with E-state index in [4.69, 9.17) is 0 Å². The molecule has 4 nitrogen and oxygen atoms in total. The molecule has 2 heterocycles. The van der Waals surface area contributed by atoms with Gasteiger partial charge in [-0.2, -0.15) is 4.31 Å². The maximum absolute atomic E-state index is 13.1. The van der Waals surface area contributed by atoms with Gasteiger partial charge in [-0.15, -0.1) is 11.8 Å². The summed E-state index contributed by atoms with van der Waals surface area (Å²) in [6.07, 6.45) is 7.12. The maximum atomic E-state index is 13.1. The van der Waals surface area contributed by atoms with Crippen LogP contribution in [-0.4, -0.2) is 37.3 Å². The Hall–Kier alpha value is -1.37. The average Bonchev–Trinajstić information content (AvgIpc) is 3.18. The number of rotatable bonds is 4. The summed E-state index contributed by atoms with van der Waals surface area (Å²) in [5.41, 5.74) is 2.07. The molecule has 138 valence electrons. The number of nitrogens with zero attached hydrogens (tertiary/aromatic N) is 1. The van der Waals surface area contributed by atoms with Crippen LogP contribution in [0.1, 0.15) is 31.2 Å². The molecule has 1 aliphatic carbocycles. The second-order valence-corrected chi connectivity index (χ2v) is 10.6. The topological polar surface area (TPSA) is 54.5 Å². The van der Waals surface area contributed by atoms with Gasteiger partial charge in [-0.1, -0.05) is 42.0 Å². The Balaban J connectivity index is 1.67. The molecule has 1 unspecified atom stereocenters. The van der Waals surface area contributed by atoms with Gasteiger partial charge in [0.15, 0.2) is 5.78 Å². The summed E-state index contributed by atoms with van der Waals surface area (Å²) in [5.74, 6) is 1.02. The number of hydrogen-bond acceptors (Lipinski definition) is 4. The first-order valence-electron chi connectivity index (χ1n) is 9.11. The number of benzene rings is 1. The third kappa shape index (κ3) is 3.30. The molecule has 1 atom stereocenters. The number of carbonyl (C=O) groups excluding carboxylic acids is 1. The van der Waals surface area contributed by atoms with Gasteiger partial charge < -0.3 is 0 Å². The smallest absolute Gasteiger partial charge is 0.248 e. The van der Waals surface area contributed by atoms with E-state index in [1.54, 1.807) is 10.4 Å². The van der Waals surface area contributed by atoms with Crippen LogP contribution >= 0.6 is 11.8 Å². The minimum Gasteiger partial charge on any atom is -0.295 e. The number of fused-ring (bicyclic) bond motifs is 1. The van der Waals surface area contributed by atoms with Crippen LogP contribution < -0.4 is 0 Å². The molecular formula is C20H23NO3S2. The SMILES string of the molecule is O=C1C=C2CCN(S(=O)(=O)C3=CCCS3)CC2(Cc2ccccc2)CC1. The summed E-state index contributed by atoms with van der Waals surface area (Å²) < 4.78 is 28.3. The van der Waals surface area contributed by atoms with E-state index >= 15 is 0 Å². The van der Waals surface area contributed by atoms with E-state index in [0.717, 1.165) is 30.6 Å². The molecule has 4 rings (SSSR count). The van der Waals surface area contributed by atoms with Crippen LogP contribution in [0, 0.1) is 5.41 Å². The number of hydrogen-bond donors (Lipinski definition) is 0. The van der Waals surface area contributed by atoms with Crippen molar-refractivity contribution in [3.8, 4) is 0 Å². The highest BCUT2D eigenvalue weighted by atomic mass is 32.3. The zero-order valence-electron chi connectivity index (χ0n) is 14.7. The third-order valence-corrected chi connectivity index (χ3v) is 9.17. The monoisotopic (exact) mass is 389 g/mol. The summed E-state index contributed by atoms with van der Waals surface area (Å²) >= 11 is 1.44. The quantitative estimate of drug-likeness (QED) is 0.791. The molecule has 0 amide bonds. The fourth-order valence-electron chi connectivity index (χ4n) is 4.27. The van der Waals surface area contributed by atoms with Gasteiger partial charge in [0.2, 0.25) is 10.0 Å². The number of sulfonamides is 1. The first-order chi connectivity index (χ1) is 12.5. The van der Waals surface area contributed by atoms with E-state index in [9.17, 15) is 13.2 Å². The van der Waals surface area contributed by atoms with Gasteiger partial charge in [0.05, 0.1) is 0 Å². The van der Waals surface area contributed by atoms with Gasteiger partial charge in [0, 0.05) is 30.7 Å². The van der Waals surface area contributed by atoms with Crippen LogP contribution in [0.5, 0.6) is 0 Å². The molecule has 0 aromatic heterocycles. The van der Waals surface area contributed by atoms with Gasteiger partial charge in [-0.25, -0.2) is 8.42 Å². The summed E-state index contributed by atoms with van der Waals surface area (Å²) in [5, 5.41) is 0. The lowest BCUT2D eigenvalue weighted by Crippen LogP contribution is -2.49. The van der Waals surface area contributed by atoms with Crippen molar-refractivity contribution in [2.75, 3.05) is 18.8 Å². The Kier molecular flexibility index (Phi) is 4.84. The fourth-order valence-corrected chi connectivity index (χ4v) is 7.44. The Morgan fingerprint density at radius 1 is 1.15 bits per heavy atom. The minimum atomic E-state index is -3.41. The molecule has 1 fully saturated rings. The summed E-state index contributed by atoms with van der Waals surface area (Å²) in [7, 11) is -3.41. The van der Waals surface area contributed by atoms with E-state index in [1.165, 1.54) is 17.3 Å². The Morgan fingerprint density at radius 3 is 2.69 bits per heavy atom. The van der Waals surface area contributed by atoms with Crippen molar-refractivity contribution < 1.29 is 13.2 Å². The van der Waals surface area contributed by atoms with Gasteiger partial charge in [0.1, 0.15) is 4.24 Å². The van der Waals surface area contributed by atoms with Crippen molar-refractivity contribution in [1.29, 1.82) is 0 Å². The first-order valence-corrected chi connectivity index (χ1v) is 11.5. The third-order valence-electron chi connectivity index (χ3n) is 5.63. The molecule has 2 aliphatic heterocycles. The second kappa shape index (κ2) is 6.98. The predicted octanol–water partition coefficient (Wildman–Crippen LogP) is 3.52. The molecule has 0 saturated carbocycles. The van der Waals surface area contributed by atoms with E-state index in [0.29, 0.717) is 30.2 Å². The summed E-state index contributed by atoms with van der Waals surface area (Å²) in [4.78, 5) is 12.0. The van der Waals surface area contributed by atoms with E-state index in [1.807, 2.05) is 24.3 Å². The van der Waals surface area contributed by atoms with Crippen LogP contribution in [0.3, 0.4) is 0 Å². The van der Waals surface area contributed by atoms with E-state index in [-0.39, 0.29) is 11.2 Å². The van der Waals surface area contributed by atoms with Crippen molar-refractivity contribution in [3.05, 3.63) is 57.9 Å². The number of piperidine rings is 1. The molecule has 6 heteroatoms. The summed E-state index contributed by atoms with van der Waals surface area (Å²) in [6.45, 7) is 0.942. The van der Waals surface area contributed by atoms with E-state index in [2.05, 4.69) is 12.1 Å². The molecule has 0 N–H and O–H groups in total. The Morgan fingerprint density at radius 2 is 1.96 bits per heavy atom. The van der Waals surface area contributed by atoms with Crippen LogP contribution in [0.25, 0.3) is 0 Å². The highest BCUT2D eigenvalue weighted by molar-refractivity contribution is 8.18. The van der Waals surface area contributed by atoms with Crippen LogP contribution in [-0.2, 0) is 21.2 Å². The van der Waals surface area contributed by atoms with Gasteiger partial charge in [-0.3, -0.25) is 4.79 Å². The number of carbonyl (C=O) groups is 1. The summed E-state index contributed by atoms with van der Waals surface area (Å²) in [6, 6.07) is 10.2. The number of allylic oxidation sites excluding steroid dienone is 2. The number of ketones is 1. The molecule has 1 aromatic carbocycles. The molecule has 0 radical (unpaired) electrons. The highest BCUT2D eigenvalue weighted by Gasteiger charge is 2.45. The molecule has 1 saturated heterocycles. The standard InChI is InChI=1S/C20H23NO3S2/c22-18-8-10-20(14-16-5-2-1-3-6-16)15-21(11-9-17(20)13-18)26(23,24)19-7-4-12-25-19/h1-3,5-7,13H,4,8-12,14-15H2. The van der Waals surface area contributed by atoms with Crippen LogP contribution in [0.4, 0.5) is 0 Å². The first kappa shape index (κ1) is 18.0. The maximum Gasteiger partial charge on any atom is 0.248 e.